The molecular formula is C18H18N6O2S2. The Morgan fingerprint density at radius 2 is 2.36 bits per heavy atom. The summed E-state index contributed by atoms with van der Waals surface area (Å²) >= 11 is 2.69. The topological polar surface area (TPSA) is 110 Å². The number of para-hydroxylation sites is 1. The molecule has 8 nitrogen and oxygen atoms in total. The number of benzene rings is 1. The summed E-state index contributed by atoms with van der Waals surface area (Å²) in [5, 5.41) is 32.9. The van der Waals surface area contributed by atoms with Crippen LogP contribution in [0.1, 0.15) is 24.8 Å². The predicted octanol–water partition coefficient (Wildman–Crippen LogP) is 3.44. The quantitative estimate of drug-likeness (QED) is 0.371. The first kappa shape index (κ1) is 18.9. The van der Waals surface area contributed by atoms with Crippen molar-refractivity contribution in [3.8, 4) is 6.07 Å². The first-order valence-electron chi connectivity index (χ1n) is 8.89. The monoisotopic (exact) mass is 414 g/mol. The summed E-state index contributed by atoms with van der Waals surface area (Å²) in [6, 6.07) is 9.75. The summed E-state index contributed by atoms with van der Waals surface area (Å²) < 4.78 is 8.30. The molecule has 3 aromatic rings. The number of tetrazole rings is 1. The van der Waals surface area contributed by atoms with E-state index in [9.17, 15) is 10.4 Å². The summed E-state index contributed by atoms with van der Waals surface area (Å²) in [7, 11) is 0. The second-order valence-electron chi connectivity index (χ2n) is 6.40. The van der Waals surface area contributed by atoms with Crippen molar-refractivity contribution in [2.24, 2.45) is 0 Å². The molecule has 1 aromatic carbocycles. The molecule has 0 saturated carbocycles. The number of nitrogens with zero attached hydrogens (tertiary/aromatic N) is 6. The molecule has 0 bridgehead atoms. The number of nitriles is 1. The number of hydrogen-bond acceptors (Lipinski definition) is 9. The lowest BCUT2D eigenvalue weighted by atomic mass is 10.2. The second-order valence-corrected chi connectivity index (χ2v) is 8.74. The van der Waals surface area contributed by atoms with E-state index in [2.05, 4.69) is 26.6 Å². The van der Waals surface area contributed by atoms with Gasteiger partial charge >= 0.3 is 0 Å². The van der Waals surface area contributed by atoms with E-state index in [0.717, 1.165) is 29.7 Å². The van der Waals surface area contributed by atoms with Crippen LogP contribution in [-0.2, 0) is 11.3 Å². The minimum atomic E-state index is -0.407. The third-order valence-electron chi connectivity index (χ3n) is 4.44. The van der Waals surface area contributed by atoms with Crippen molar-refractivity contribution >= 4 is 38.9 Å². The van der Waals surface area contributed by atoms with Crippen molar-refractivity contribution in [2.45, 2.75) is 42.8 Å². The SMILES string of the molecule is CC(Sc1nnnn1CC1CCCO1)/C(O)=C(/C#N)c1nc2ccccc2s1. The molecule has 0 radical (unpaired) electrons. The van der Waals surface area contributed by atoms with Gasteiger partial charge in [0.05, 0.1) is 28.1 Å². The van der Waals surface area contributed by atoms with E-state index < -0.39 is 5.25 Å². The van der Waals surface area contributed by atoms with Crippen LogP contribution in [0.15, 0.2) is 35.2 Å². The molecule has 0 spiro atoms. The van der Waals surface area contributed by atoms with Crippen molar-refractivity contribution in [3.05, 3.63) is 35.0 Å². The van der Waals surface area contributed by atoms with E-state index in [4.69, 9.17) is 4.74 Å². The number of hydrogen-bond donors (Lipinski definition) is 1. The van der Waals surface area contributed by atoms with Crippen molar-refractivity contribution in [1.82, 2.24) is 25.2 Å². The lowest BCUT2D eigenvalue weighted by Gasteiger charge is -2.13. The van der Waals surface area contributed by atoms with Crippen LogP contribution in [0.3, 0.4) is 0 Å². The minimum absolute atomic E-state index is 0.0294. The van der Waals surface area contributed by atoms with Gasteiger partial charge in [-0.05, 0) is 42.3 Å². The van der Waals surface area contributed by atoms with E-state index >= 15 is 0 Å². The highest BCUT2D eigenvalue weighted by Crippen LogP contribution is 2.33. The maximum absolute atomic E-state index is 10.7. The number of thiazole rings is 1. The number of allylic oxidation sites excluding steroid dienone is 1. The molecule has 1 saturated heterocycles. The fraction of sp³-hybridized carbons (Fsp3) is 0.389. The zero-order valence-electron chi connectivity index (χ0n) is 15.1. The van der Waals surface area contributed by atoms with Gasteiger partial charge < -0.3 is 9.84 Å². The standard InChI is InChI=1S/C18H18N6O2S2/c1-11(27-18-21-22-23-24(18)10-12-5-4-8-26-12)16(25)13(9-19)17-20-14-6-2-3-7-15(14)28-17/h2-3,6-7,11-12,25H,4-5,8,10H2,1H3/b16-13+. The summed E-state index contributed by atoms with van der Waals surface area (Å²) in [5.74, 6) is -0.0294. The number of rotatable bonds is 6. The Morgan fingerprint density at radius 3 is 3.11 bits per heavy atom. The zero-order chi connectivity index (χ0) is 19.5. The first-order chi connectivity index (χ1) is 13.7. The van der Waals surface area contributed by atoms with Crippen molar-refractivity contribution < 1.29 is 9.84 Å². The first-order valence-corrected chi connectivity index (χ1v) is 10.6. The molecule has 1 aliphatic heterocycles. The Balaban J connectivity index is 1.55. The molecule has 1 aliphatic rings. The number of aliphatic hydroxyl groups excluding tert-OH is 1. The van der Waals surface area contributed by atoms with Crippen molar-refractivity contribution in [2.75, 3.05) is 6.61 Å². The number of ether oxygens (including phenoxy) is 1. The molecule has 1 fully saturated rings. The molecule has 0 amide bonds. The van der Waals surface area contributed by atoms with Gasteiger partial charge in [0.1, 0.15) is 22.4 Å². The Labute approximate surface area is 169 Å². The summed E-state index contributed by atoms with van der Waals surface area (Å²) in [5.41, 5.74) is 0.989. The highest BCUT2D eigenvalue weighted by molar-refractivity contribution is 7.99. The van der Waals surface area contributed by atoms with Gasteiger partial charge in [0.15, 0.2) is 0 Å². The molecule has 2 atom stereocenters. The molecule has 1 N–H and O–H groups in total. The highest BCUT2D eigenvalue weighted by Gasteiger charge is 2.23. The third kappa shape index (κ3) is 3.87. The molecule has 28 heavy (non-hydrogen) atoms. The molecule has 2 unspecified atom stereocenters. The smallest absolute Gasteiger partial charge is 0.210 e. The molecule has 0 aliphatic carbocycles. The van der Waals surface area contributed by atoms with Crippen LogP contribution in [0.25, 0.3) is 15.8 Å². The van der Waals surface area contributed by atoms with Gasteiger partial charge in [0.2, 0.25) is 5.16 Å². The van der Waals surface area contributed by atoms with Crippen LogP contribution in [0.4, 0.5) is 0 Å². The highest BCUT2D eigenvalue weighted by atomic mass is 32.2. The van der Waals surface area contributed by atoms with Crippen LogP contribution in [0.5, 0.6) is 0 Å². The van der Waals surface area contributed by atoms with Crippen LogP contribution in [-0.4, -0.2) is 48.3 Å². The summed E-state index contributed by atoms with van der Waals surface area (Å²) in [4.78, 5) is 4.48. The molecule has 144 valence electrons. The Morgan fingerprint density at radius 1 is 1.50 bits per heavy atom. The van der Waals surface area contributed by atoms with E-state index in [-0.39, 0.29) is 17.4 Å². The molecular weight excluding hydrogens is 396 g/mol. The molecule has 3 heterocycles. The average molecular weight is 415 g/mol. The van der Waals surface area contributed by atoms with Gasteiger partial charge in [0.25, 0.3) is 0 Å². The van der Waals surface area contributed by atoms with E-state index in [1.54, 1.807) is 4.68 Å². The average Bonchev–Trinajstić information content (AvgIpc) is 3.44. The van der Waals surface area contributed by atoms with Gasteiger partial charge in [-0.2, -0.15) is 5.26 Å². The normalized spacial score (nSPS) is 18.8. The fourth-order valence-corrected chi connectivity index (χ4v) is 4.82. The van der Waals surface area contributed by atoms with E-state index in [0.29, 0.717) is 16.7 Å². The number of aliphatic hydroxyl groups is 1. The van der Waals surface area contributed by atoms with Gasteiger partial charge in [0, 0.05) is 6.61 Å². The lowest BCUT2D eigenvalue weighted by molar-refractivity contribution is 0.0911. The second kappa shape index (κ2) is 8.26. The van der Waals surface area contributed by atoms with Crippen LogP contribution < -0.4 is 0 Å². The van der Waals surface area contributed by atoms with E-state index in [1.165, 1.54) is 23.1 Å². The third-order valence-corrected chi connectivity index (χ3v) is 6.58. The molecule has 10 heteroatoms. The van der Waals surface area contributed by atoms with Crippen LogP contribution in [0.2, 0.25) is 0 Å². The van der Waals surface area contributed by atoms with E-state index in [1.807, 2.05) is 31.2 Å². The molecule has 2 aromatic heterocycles. The Kier molecular flexibility index (Phi) is 5.57. The largest absolute Gasteiger partial charge is 0.510 e. The predicted molar refractivity (Wildman–Crippen MR) is 107 cm³/mol. The maximum atomic E-state index is 10.7. The number of thioether (sulfide) groups is 1. The fourth-order valence-electron chi connectivity index (χ4n) is 2.99. The summed E-state index contributed by atoms with van der Waals surface area (Å²) in [6.07, 6.45) is 2.14. The zero-order valence-corrected chi connectivity index (χ0v) is 16.8. The minimum Gasteiger partial charge on any atom is -0.510 e. The van der Waals surface area contributed by atoms with Crippen LogP contribution in [0, 0.1) is 11.3 Å². The van der Waals surface area contributed by atoms with Gasteiger partial charge in [-0.1, -0.05) is 23.9 Å². The van der Waals surface area contributed by atoms with Crippen molar-refractivity contribution in [1.29, 1.82) is 5.26 Å². The van der Waals surface area contributed by atoms with Gasteiger partial charge in [-0.15, -0.1) is 16.4 Å². The maximum Gasteiger partial charge on any atom is 0.210 e. The lowest BCUT2D eigenvalue weighted by Crippen LogP contribution is -2.17. The Bertz CT molecular complexity index is 1010. The summed E-state index contributed by atoms with van der Waals surface area (Å²) in [6.45, 7) is 3.16. The van der Waals surface area contributed by atoms with Crippen molar-refractivity contribution in [3.63, 3.8) is 0 Å². The number of aromatic nitrogens is 5. The Hall–Kier alpha value is -2.48. The van der Waals surface area contributed by atoms with Gasteiger partial charge in [-0.3, -0.25) is 0 Å². The van der Waals surface area contributed by atoms with Crippen LogP contribution >= 0.6 is 23.1 Å². The van der Waals surface area contributed by atoms with Gasteiger partial charge in [-0.25, -0.2) is 9.67 Å². The number of fused-ring (bicyclic) bond motifs is 1. The molecule has 4 rings (SSSR count).